The molecule has 3 rings (SSSR count). The number of aliphatic hydroxyl groups excluding tert-OH is 1. The number of aliphatic hydroxyl groups is 1. The van der Waals surface area contributed by atoms with Crippen molar-refractivity contribution < 1.29 is 48.0 Å². The average Bonchev–Trinajstić information content (AvgIpc) is 3.42. The van der Waals surface area contributed by atoms with Crippen LogP contribution in [-0.2, 0) is 44.7 Å². The number of carbonyl (C=O) groups excluding carboxylic acids is 5. The Hall–Kier alpha value is -4.19. The Kier molecular flexibility index (Phi) is 13.9. The molecule has 1 aliphatic rings. The van der Waals surface area contributed by atoms with Gasteiger partial charge in [-0.05, 0) is 36.1 Å². The van der Waals surface area contributed by atoms with E-state index in [0.717, 1.165) is 43.1 Å². The second kappa shape index (κ2) is 17.8. The number of imide groups is 1. The monoisotopic (exact) mass is 609 g/mol. The maximum atomic E-state index is 13.5. The zero-order valence-electron chi connectivity index (χ0n) is 25.0. The molecule has 4 atom stereocenters. The second-order valence-corrected chi connectivity index (χ2v) is 10.3. The number of rotatable bonds is 18. The summed E-state index contributed by atoms with van der Waals surface area (Å²) < 4.78 is 21.3. The van der Waals surface area contributed by atoms with Crippen LogP contribution < -0.4 is 0 Å². The fourth-order valence-electron chi connectivity index (χ4n) is 4.74. The first-order chi connectivity index (χ1) is 21.2. The lowest BCUT2D eigenvalue weighted by atomic mass is 10.0. The van der Waals surface area contributed by atoms with Crippen LogP contribution in [0.15, 0.2) is 72.8 Å². The number of esters is 1. The molecule has 1 heterocycles. The highest BCUT2D eigenvalue weighted by Crippen LogP contribution is 2.29. The van der Waals surface area contributed by atoms with Crippen molar-refractivity contribution in [3.63, 3.8) is 0 Å². The van der Waals surface area contributed by atoms with E-state index >= 15 is 0 Å². The van der Waals surface area contributed by atoms with E-state index in [1.165, 1.54) is 0 Å². The predicted octanol–water partition coefficient (Wildman–Crippen LogP) is 3.88. The van der Waals surface area contributed by atoms with E-state index in [2.05, 4.69) is 0 Å². The summed E-state index contributed by atoms with van der Waals surface area (Å²) in [5.41, 5.74) is 1.65. The molecule has 0 spiro atoms. The molecular formula is C33H39NO10. The summed E-state index contributed by atoms with van der Waals surface area (Å²) in [6, 6.07) is 17.6. The summed E-state index contributed by atoms with van der Waals surface area (Å²) in [4.78, 5) is 64.2. The van der Waals surface area contributed by atoms with Crippen LogP contribution in [0.3, 0.4) is 0 Å². The number of ether oxygens (including phenoxy) is 4. The summed E-state index contributed by atoms with van der Waals surface area (Å²) in [7, 11) is 1.15. The average molecular weight is 610 g/mol. The summed E-state index contributed by atoms with van der Waals surface area (Å²) in [6.45, 7) is 1.28. The Morgan fingerprint density at radius 3 is 2.30 bits per heavy atom. The first-order valence-corrected chi connectivity index (χ1v) is 14.5. The summed E-state index contributed by atoms with van der Waals surface area (Å²) in [5.74, 6) is -2.95. The van der Waals surface area contributed by atoms with Gasteiger partial charge in [0.1, 0.15) is 12.6 Å². The van der Waals surface area contributed by atoms with Gasteiger partial charge in [-0.1, -0.05) is 73.5 Å². The molecule has 44 heavy (non-hydrogen) atoms. The van der Waals surface area contributed by atoms with Crippen molar-refractivity contribution in [1.29, 1.82) is 0 Å². The van der Waals surface area contributed by atoms with Crippen molar-refractivity contribution in [3.8, 4) is 0 Å². The highest BCUT2D eigenvalue weighted by molar-refractivity contribution is 6.05. The van der Waals surface area contributed by atoms with Gasteiger partial charge >= 0.3 is 12.1 Å². The quantitative estimate of drug-likeness (QED) is 0.150. The van der Waals surface area contributed by atoms with Gasteiger partial charge in [-0.25, -0.2) is 9.69 Å². The van der Waals surface area contributed by atoms with E-state index in [1.54, 1.807) is 30.3 Å². The zero-order chi connectivity index (χ0) is 31.9. The minimum Gasteiger partial charge on any atom is -0.451 e. The predicted molar refractivity (Wildman–Crippen MR) is 158 cm³/mol. The largest absolute Gasteiger partial charge is 0.451 e. The minimum absolute atomic E-state index is 0.0903. The van der Waals surface area contributed by atoms with Gasteiger partial charge in [0, 0.05) is 20.5 Å². The van der Waals surface area contributed by atoms with Crippen LogP contribution in [0.25, 0.3) is 0 Å². The minimum atomic E-state index is -1.73. The van der Waals surface area contributed by atoms with E-state index in [9.17, 15) is 29.1 Å². The zero-order valence-corrected chi connectivity index (χ0v) is 25.0. The Morgan fingerprint density at radius 2 is 1.66 bits per heavy atom. The van der Waals surface area contributed by atoms with Crippen molar-refractivity contribution in [1.82, 2.24) is 4.90 Å². The number of carbonyl (C=O) groups is 5. The Morgan fingerprint density at radius 1 is 0.977 bits per heavy atom. The number of nitrogens with zero attached hydrogens (tertiary/aromatic N) is 1. The van der Waals surface area contributed by atoms with Crippen LogP contribution in [0.1, 0.15) is 56.2 Å². The maximum Gasteiger partial charge on any atom is 0.417 e. The van der Waals surface area contributed by atoms with E-state index in [1.807, 2.05) is 30.3 Å². The number of benzene rings is 2. The number of hydrogen-bond acceptors (Lipinski definition) is 10. The van der Waals surface area contributed by atoms with Crippen molar-refractivity contribution in [2.45, 2.75) is 70.0 Å². The lowest BCUT2D eigenvalue weighted by Crippen LogP contribution is -2.51. The molecule has 0 bridgehead atoms. The molecule has 0 saturated carbocycles. The van der Waals surface area contributed by atoms with Crippen LogP contribution in [0, 0.1) is 0 Å². The van der Waals surface area contributed by atoms with Gasteiger partial charge < -0.3 is 24.1 Å². The summed E-state index contributed by atoms with van der Waals surface area (Å²) in [6.07, 6.45) is 0.226. The van der Waals surface area contributed by atoms with E-state index in [-0.39, 0.29) is 31.5 Å². The molecule has 2 aromatic carbocycles. The van der Waals surface area contributed by atoms with Gasteiger partial charge in [-0.15, -0.1) is 0 Å². The van der Waals surface area contributed by atoms with Crippen molar-refractivity contribution in [2.75, 3.05) is 20.3 Å². The number of hydrogen-bond donors (Lipinski definition) is 1. The molecule has 0 aliphatic carbocycles. The highest BCUT2D eigenvalue weighted by atomic mass is 16.6. The molecule has 11 heteroatoms. The van der Waals surface area contributed by atoms with Crippen LogP contribution in [0.2, 0.25) is 0 Å². The number of cyclic esters (lactones) is 1. The fourth-order valence-corrected chi connectivity index (χ4v) is 4.74. The van der Waals surface area contributed by atoms with Gasteiger partial charge in [0.25, 0.3) is 5.91 Å². The Balaban J connectivity index is 1.52. The molecule has 1 unspecified atom stereocenters. The molecular weight excluding hydrogens is 570 g/mol. The molecule has 2 amide bonds. The molecule has 0 radical (unpaired) electrons. The van der Waals surface area contributed by atoms with E-state index in [4.69, 9.17) is 18.9 Å². The van der Waals surface area contributed by atoms with Crippen LogP contribution in [0.4, 0.5) is 4.79 Å². The van der Waals surface area contributed by atoms with E-state index < -0.39 is 42.0 Å². The van der Waals surface area contributed by atoms with Gasteiger partial charge in [0.05, 0.1) is 19.3 Å². The summed E-state index contributed by atoms with van der Waals surface area (Å²) >= 11 is 0. The molecule has 2 aromatic rings. The van der Waals surface area contributed by atoms with Gasteiger partial charge in [0.2, 0.25) is 0 Å². The second-order valence-electron chi connectivity index (χ2n) is 10.3. The highest BCUT2D eigenvalue weighted by Gasteiger charge is 2.46. The lowest BCUT2D eigenvalue weighted by molar-refractivity contribution is -0.166. The number of ketones is 2. The maximum absolute atomic E-state index is 13.5. The fraction of sp³-hybridized carbons (Fsp3) is 0.424. The first-order valence-electron chi connectivity index (χ1n) is 14.5. The van der Waals surface area contributed by atoms with Crippen molar-refractivity contribution >= 4 is 29.5 Å². The molecule has 0 aromatic heterocycles. The summed E-state index contributed by atoms with van der Waals surface area (Å²) in [5, 5.41) is 9.59. The van der Waals surface area contributed by atoms with Crippen LogP contribution in [0.5, 0.6) is 0 Å². The van der Waals surface area contributed by atoms with Crippen molar-refractivity contribution in [2.24, 2.45) is 0 Å². The van der Waals surface area contributed by atoms with Gasteiger partial charge in [-0.2, -0.15) is 0 Å². The number of amides is 2. The van der Waals surface area contributed by atoms with Crippen molar-refractivity contribution in [3.05, 3.63) is 83.9 Å². The number of allylic oxidation sites excluding steroid dienone is 1. The van der Waals surface area contributed by atoms with E-state index in [0.29, 0.717) is 31.4 Å². The topological polar surface area (TPSA) is 146 Å². The number of unbranched alkanes of at least 4 members (excludes halogenated alkanes) is 2. The first kappa shape index (κ1) is 34.3. The SMILES string of the molecule is CO[C@H](C(=O)N1C(=O)OCC1c1ccccc1)[C@H](OC(C)=O)C(=O)/C=C/C(=O)CCCCC[C@H](CO)OCc1ccccc1. The third-order valence-corrected chi connectivity index (χ3v) is 7.06. The van der Waals surface area contributed by atoms with Gasteiger partial charge in [-0.3, -0.25) is 19.2 Å². The molecule has 1 fully saturated rings. The molecule has 1 N–H and O–H groups in total. The van der Waals surface area contributed by atoms with Crippen LogP contribution in [-0.4, -0.2) is 78.2 Å². The Labute approximate surface area is 256 Å². The Bertz CT molecular complexity index is 1280. The number of methoxy groups -OCH3 is 1. The lowest BCUT2D eigenvalue weighted by Gasteiger charge is -2.27. The smallest absolute Gasteiger partial charge is 0.417 e. The molecule has 11 nitrogen and oxygen atoms in total. The normalized spacial score (nSPS) is 16.8. The molecule has 236 valence electrons. The molecule has 1 aliphatic heterocycles. The van der Waals surface area contributed by atoms with Gasteiger partial charge in [0.15, 0.2) is 23.8 Å². The third-order valence-electron chi connectivity index (χ3n) is 7.06. The van der Waals surface area contributed by atoms with Crippen LogP contribution >= 0.6 is 0 Å². The standard InChI is InChI=1S/C33H39NO10/c1-23(36)44-30(31(41-2)32(39)34-28(22-43-33(34)40)25-14-8-4-9-15-25)29(38)19-18-26(37)16-10-5-11-17-27(20-35)42-21-24-12-6-3-7-13-24/h3-4,6-9,12-15,18-19,27-28,30-31,35H,5,10-11,16-17,20-22H2,1-2H3/b19-18+/t27-,28?,30-,31+/m1/s1. The molecule has 1 saturated heterocycles. The third kappa shape index (κ3) is 10.2.